The highest BCUT2D eigenvalue weighted by molar-refractivity contribution is 5.81. The number of hydrogen-bond acceptors (Lipinski definition) is 4. The molecule has 1 aliphatic carbocycles. The molecule has 1 heterocycles. The van der Waals surface area contributed by atoms with Crippen LogP contribution in [0.3, 0.4) is 0 Å². The largest absolute Gasteiger partial charge is 0.491 e. The van der Waals surface area contributed by atoms with Crippen LogP contribution in [0, 0.1) is 5.92 Å². The molecule has 1 aromatic rings. The van der Waals surface area contributed by atoms with E-state index in [1.54, 1.807) is 0 Å². The van der Waals surface area contributed by atoms with Crippen LogP contribution in [0.5, 0.6) is 5.75 Å². The molecule has 0 saturated heterocycles. The van der Waals surface area contributed by atoms with E-state index in [4.69, 9.17) is 9.47 Å². The maximum atomic E-state index is 12.4. The molecule has 0 spiro atoms. The Morgan fingerprint density at radius 3 is 2.96 bits per heavy atom. The summed E-state index contributed by atoms with van der Waals surface area (Å²) < 4.78 is 11.1. The first-order valence-corrected chi connectivity index (χ1v) is 10.0. The number of hydrogen-bond donors (Lipinski definition) is 1. The number of nitrogens with zero attached hydrogens (tertiary/aromatic N) is 1. The number of carbonyl (C=O) groups excluding carboxylic acids is 2. The molecule has 2 amide bonds. The third kappa shape index (κ3) is 5.96. The normalized spacial score (nSPS) is 16.3. The minimum Gasteiger partial charge on any atom is -0.491 e. The van der Waals surface area contributed by atoms with Crippen LogP contribution in [0.1, 0.15) is 43.7 Å². The summed E-state index contributed by atoms with van der Waals surface area (Å²) in [7, 11) is 0. The Morgan fingerprint density at radius 1 is 1.33 bits per heavy atom. The molecule has 0 atom stereocenters. The van der Waals surface area contributed by atoms with Crippen LogP contribution in [0.15, 0.2) is 18.2 Å². The Morgan fingerprint density at radius 2 is 2.19 bits per heavy atom. The molecule has 1 aromatic carbocycles. The van der Waals surface area contributed by atoms with Gasteiger partial charge in [-0.2, -0.15) is 0 Å². The second-order valence-corrected chi connectivity index (χ2v) is 7.23. The lowest BCUT2D eigenvalue weighted by Gasteiger charge is -2.19. The van der Waals surface area contributed by atoms with Crippen LogP contribution in [-0.2, 0) is 27.3 Å². The van der Waals surface area contributed by atoms with Gasteiger partial charge in [0.05, 0.1) is 6.54 Å². The Balaban J connectivity index is 1.49. The zero-order valence-corrected chi connectivity index (χ0v) is 16.2. The van der Waals surface area contributed by atoms with E-state index in [0.717, 1.165) is 36.1 Å². The number of fused-ring (bicyclic) bond motifs is 1. The van der Waals surface area contributed by atoms with Crippen molar-refractivity contribution in [1.82, 2.24) is 10.2 Å². The Kier molecular flexibility index (Phi) is 7.10. The van der Waals surface area contributed by atoms with E-state index in [1.165, 1.54) is 0 Å². The lowest BCUT2D eigenvalue weighted by atomic mass is 10.0. The fraction of sp³-hybridized carbons (Fsp3) is 0.619. The maximum Gasteiger partial charge on any atom is 0.226 e. The van der Waals surface area contributed by atoms with E-state index in [9.17, 15) is 9.59 Å². The average molecular weight is 374 g/mol. The molecule has 1 aliphatic heterocycles. The van der Waals surface area contributed by atoms with Gasteiger partial charge in [0.25, 0.3) is 0 Å². The number of benzene rings is 1. The summed E-state index contributed by atoms with van der Waals surface area (Å²) in [5, 5.41) is 2.93. The molecule has 27 heavy (non-hydrogen) atoms. The van der Waals surface area contributed by atoms with Crippen molar-refractivity contribution in [2.45, 2.75) is 45.6 Å². The molecular formula is C21H30N2O4. The minimum absolute atomic E-state index is 0.0585. The van der Waals surface area contributed by atoms with E-state index in [1.807, 2.05) is 24.0 Å². The zero-order valence-electron chi connectivity index (χ0n) is 16.2. The highest BCUT2D eigenvalue weighted by Gasteiger charge is 2.34. The number of ether oxygens (including phenoxy) is 2. The second kappa shape index (κ2) is 9.74. The van der Waals surface area contributed by atoms with E-state index >= 15 is 0 Å². The molecular weight excluding hydrogens is 344 g/mol. The van der Waals surface area contributed by atoms with Gasteiger partial charge in [0.15, 0.2) is 0 Å². The third-order valence-electron chi connectivity index (χ3n) is 4.98. The van der Waals surface area contributed by atoms with E-state index in [2.05, 4.69) is 11.4 Å². The summed E-state index contributed by atoms with van der Waals surface area (Å²) in [6.07, 6.45) is 4.01. The molecule has 148 valence electrons. The van der Waals surface area contributed by atoms with E-state index in [-0.39, 0.29) is 17.7 Å². The summed E-state index contributed by atoms with van der Waals surface area (Å²) >= 11 is 0. The lowest BCUT2D eigenvalue weighted by Crippen LogP contribution is -2.33. The third-order valence-corrected chi connectivity index (χ3v) is 4.98. The first-order chi connectivity index (χ1) is 13.2. The first kappa shape index (κ1) is 19.7. The van der Waals surface area contributed by atoms with E-state index in [0.29, 0.717) is 52.3 Å². The molecule has 0 bridgehead atoms. The van der Waals surface area contributed by atoms with Gasteiger partial charge in [0, 0.05) is 44.2 Å². The molecule has 1 N–H and O–H groups in total. The molecule has 0 aromatic heterocycles. The van der Waals surface area contributed by atoms with Crippen molar-refractivity contribution < 1.29 is 19.1 Å². The predicted molar refractivity (Wildman–Crippen MR) is 103 cm³/mol. The first-order valence-electron chi connectivity index (χ1n) is 10.0. The van der Waals surface area contributed by atoms with Crippen LogP contribution in [0.4, 0.5) is 0 Å². The van der Waals surface area contributed by atoms with Crippen LogP contribution >= 0.6 is 0 Å². The summed E-state index contributed by atoms with van der Waals surface area (Å²) in [5.41, 5.74) is 2.14. The van der Waals surface area contributed by atoms with Gasteiger partial charge < -0.3 is 19.7 Å². The summed E-state index contributed by atoms with van der Waals surface area (Å²) in [4.78, 5) is 26.3. The molecule has 2 aliphatic rings. The fourth-order valence-corrected chi connectivity index (χ4v) is 3.27. The van der Waals surface area contributed by atoms with Crippen molar-refractivity contribution in [3.05, 3.63) is 29.3 Å². The highest BCUT2D eigenvalue weighted by Crippen LogP contribution is 2.33. The Labute approximate surface area is 161 Å². The van der Waals surface area contributed by atoms with Crippen molar-refractivity contribution in [3.8, 4) is 5.75 Å². The Bertz CT molecular complexity index is 658. The summed E-state index contributed by atoms with van der Waals surface area (Å²) in [6.45, 7) is 5.78. The predicted octanol–water partition coefficient (Wildman–Crippen LogP) is 2.29. The van der Waals surface area contributed by atoms with Gasteiger partial charge in [-0.3, -0.25) is 9.59 Å². The Hall–Kier alpha value is -2.08. The second-order valence-electron chi connectivity index (χ2n) is 7.23. The fourth-order valence-electron chi connectivity index (χ4n) is 3.27. The van der Waals surface area contributed by atoms with Crippen LogP contribution in [0.25, 0.3) is 0 Å². The molecule has 1 saturated carbocycles. The lowest BCUT2D eigenvalue weighted by molar-refractivity contribution is -0.133. The summed E-state index contributed by atoms with van der Waals surface area (Å²) in [5.74, 6) is 1.39. The zero-order chi connectivity index (χ0) is 19.1. The quantitative estimate of drug-likeness (QED) is 0.674. The van der Waals surface area contributed by atoms with Gasteiger partial charge in [0.1, 0.15) is 12.4 Å². The SMILES string of the molecule is CCOCCCNC(=O)CCc1ccc2c(c1)CN(C(=O)C1CC1)CCO2. The van der Waals surface area contributed by atoms with Crippen molar-refractivity contribution in [2.75, 3.05) is 32.9 Å². The highest BCUT2D eigenvalue weighted by atomic mass is 16.5. The van der Waals surface area contributed by atoms with Crippen LogP contribution < -0.4 is 10.1 Å². The molecule has 3 rings (SSSR count). The maximum absolute atomic E-state index is 12.4. The van der Waals surface area contributed by atoms with Gasteiger partial charge in [-0.15, -0.1) is 0 Å². The molecule has 6 nitrogen and oxygen atoms in total. The van der Waals surface area contributed by atoms with E-state index < -0.39 is 0 Å². The van der Waals surface area contributed by atoms with Crippen molar-refractivity contribution in [1.29, 1.82) is 0 Å². The number of rotatable bonds is 9. The average Bonchev–Trinajstić information content (AvgIpc) is 3.52. The van der Waals surface area contributed by atoms with Gasteiger partial charge in [-0.05, 0) is 44.2 Å². The van der Waals surface area contributed by atoms with Crippen LogP contribution in [-0.4, -0.2) is 49.6 Å². The molecule has 0 radical (unpaired) electrons. The van der Waals surface area contributed by atoms with Gasteiger partial charge in [0.2, 0.25) is 11.8 Å². The minimum atomic E-state index is 0.0585. The number of carbonyl (C=O) groups is 2. The molecule has 1 fully saturated rings. The molecule has 0 unspecified atom stereocenters. The smallest absolute Gasteiger partial charge is 0.226 e. The van der Waals surface area contributed by atoms with Crippen molar-refractivity contribution >= 4 is 11.8 Å². The monoisotopic (exact) mass is 374 g/mol. The summed E-state index contributed by atoms with van der Waals surface area (Å²) in [6, 6.07) is 6.06. The van der Waals surface area contributed by atoms with Crippen molar-refractivity contribution in [3.63, 3.8) is 0 Å². The number of aryl methyl sites for hydroxylation is 1. The van der Waals surface area contributed by atoms with Crippen molar-refractivity contribution in [2.24, 2.45) is 5.92 Å². The number of amides is 2. The molecule has 6 heteroatoms. The van der Waals surface area contributed by atoms with Gasteiger partial charge in [-0.1, -0.05) is 12.1 Å². The van der Waals surface area contributed by atoms with Crippen LogP contribution in [0.2, 0.25) is 0 Å². The topological polar surface area (TPSA) is 67.9 Å². The standard InChI is InChI=1S/C21H30N2O4/c1-2-26-12-3-10-22-20(24)9-5-16-4-8-19-18(14-16)15-23(11-13-27-19)21(25)17-6-7-17/h4,8,14,17H,2-3,5-7,9-13,15H2,1H3,(H,22,24). The van der Waals surface area contributed by atoms with Gasteiger partial charge >= 0.3 is 0 Å². The van der Waals surface area contributed by atoms with Gasteiger partial charge in [-0.25, -0.2) is 0 Å². The number of nitrogens with one attached hydrogen (secondary N) is 1.